The quantitative estimate of drug-likeness (QED) is 0.695. The summed E-state index contributed by atoms with van der Waals surface area (Å²) in [6.07, 6.45) is 1.90. The van der Waals surface area contributed by atoms with Crippen molar-refractivity contribution in [3.63, 3.8) is 0 Å². The van der Waals surface area contributed by atoms with Crippen LogP contribution in [0.4, 0.5) is 11.4 Å². The van der Waals surface area contributed by atoms with E-state index >= 15 is 0 Å². The van der Waals surface area contributed by atoms with E-state index in [4.69, 9.17) is 4.74 Å². The molecule has 1 fully saturated rings. The van der Waals surface area contributed by atoms with E-state index in [1.807, 2.05) is 45.0 Å². The van der Waals surface area contributed by atoms with E-state index in [1.54, 1.807) is 6.07 Å². The number of rotatable bonds is 6. The van der Waals surface area contributed by atoms with E-state index in [-0.39, 0.29) is 24.3 Å². The Bertz CT molecular complexity index is 868. The van der Waals surface area contributed by atoms with Gasteiger partial charge in [0.2, 0.25) is 5.91 Å². The van der Waals surface area contributed by atoms with Gasteiger partial charge < -0.3 is 15.4 Å². The second-order valence-corrected chi connectivity index (χ2v) is 7.91. The summed E-state index contributed by atoms with van der Waals surface area (Å²) in [7, 11) is 0. The minimum atomic E-state index is -0.250. The number of amides is 2. The highest BCUT2D eigenvalue weighted by Gasteiger charge is 2.29. The Balaban J connectivity index is 1.61. The third-order valence-electron chi connectivity index (χ3n) is 4.50. The van der Waals surface area contributed by atoms with E-state index in [0.717, 1.165) is 45.4 Å². The summed E-state index contributed by atoms with van der Waals surface area (Å²) in [4.78, 5) is 24.3. The van der Waals surface area contributed by atoms with Gasteiger partial charge in [0.15, 0.2) is 6.61 Å². The largest absolute Gasteiger partial charge is 0.483 e. The van der Waals surface area contributed by atoms with Crippen molar-refractivity contribution in [3.05, 3.63) is 51.5 Å². The van der Waals surface area contributed by atoms with E-state index < -0.39 is 0 Å². The molecule has 0 atom stereocenters. The number of halogens is 1. The highest BCUT2D eigenvalue weighted by molar-refractivity contribution is 9.10. The van der Waals surface area contributed by atoms with Gasteiger partial charge in [0.05, 0.1) is 0 Å². The molecule has 1 aliphatic rings. The van der Waals surface area contributed by atoms with E-state index in [1.165, 1.54) is 0 Å². The number of carbonyl (C=O) groups excluding carboxylic acids is 2. The van der Waals surface area contributed by atoms with Crippen LogP contribution in [-0.2, 0) is 9.59 Å². The normalized spacial score (nSPS) is 13.2. The molecule has 0 spiro atoms. The molecule has 1 saturated carbocycles. The van der Waals surface area contributed by atoms with Crippen LogP contribution in [0.1, 0.15) is 29.5 Å². The van der Waals surface area contributed by atoms with Gasteiger partial charge in [0, 0.05) is 21.8 Å². The van der Waals surface area contributed by atoms with Crippen LogP contribution in [0.2, 0.25) is 0 Å². The van der Waals surface area contributed by atoms with Crippen molar-refractivity contribution in [3.8, 4) is 5.75 Å². The fourth-order valence-electron chi connectivity index (χ4n) is 2.87. The van der Waals surface area contributed by atoms with Gasteiger partial charge in [-0.1, -0.05) is 22.0 Å². The molecule has 2 amide bonds. The number of nitrogens with one attached hydrogen (secondary N) is 2. The zero-order valence-corrected chi connectivity index (χ0v) is 17.3. The lowest BCUT2D eigenvalue weighted by Crippen LogP contribution is -2.21. The lowest BCUT2D eigenvalue weighted by molar-refractivity contribution is -0.118. The molecule has 1 aliphatic carbocycles. The lowest BCUT2D eigenvalue weighted by atomic mass is 10.1. The molecule has 5 nitrogen and oxygen atoms in total. The Hall–Kier alpha value is -2.34. The Morgan fingerprint density at radius 2 is 1.70 bits per heavy atom. The fraction of sp³-hybridized carbons (Fsp3) is 0.333. The predicted octanol–water partition coefficient (Wildman–Crippen LogP) is 4.74. The van der Waals surface area contributed by atoms with Crippen molar-refractivity contribution in [2.75, 3.05) is 17.2 Å². The summed E-state index contributed by atoms with van der Waals surface area (Å²) >= 11 is 3.45. The summed E-state index contributed by atoms with van der Waals surface area (Å²) in [6, 6.07) is 9.38. The highest BCUT2D eigenvalue weighted by atomic mass is 79.9. The SMILES string of the molecule is Cc1ccc(NC(=O)COc2c(C)cc(Br)cc2C)cc1NC(=O)C1CC1. The van der Waals surface area contributed by atoms with Gasteiger partial charge >= 0.3 is 0 Å². The first kappa shape index (κ1) is 19.4. The number of anilines is 2. The summed E-state index contributed by atoms with van der Waals surface area (Å²) in [5.74, 6) is 0.647. The molecule has 3 rings (SSSR count). The van der Waals surface area contributed by atoms with E-state index in [0.29, 0.717) is 5.69 Å². The third-order valence-corrected chi connectivity index (χ3v) is 4.96. The van der Waals surface area contributed by atoms with Gasteiger partial charge in [-0.3, -0.25) is 9.59 Å². The van der Waals surface area contributed by atoms with Crippen molar-refractivity contribution in [1.82, 2.24) is 0 Å². The van der Waals surface area contributed by atoms with Crippen molar-refractivity contribution in [1.29, 1.82) is 0 Å². The van der Waals surface area contributed by atoms with Gasteiger partial charge in [-0.2, -0.15) is 0 Å². The maximum absolute atomic E-state index is 12.3. The first-order chi connectivity index (χ1) is 12.8. The van der Waals surface area contributed by atoms with Crippen LogP contribution >= 0.6 is 15.9 Å². The predicted molar refractivity (Wildman–Crippen MR) is 110 cm³/mol. The Morgan fingerprint density at radius 1 is 1.04 bits per heavy atom. The van der Waals surface area contributed by atoms with Crippen molar-refractivity contribution >= 4 is 39.1 Å². The van der Waals surface area contributed by atoms with Crippen LogP contribution in [0, 0.1) is 26.7 Å². The topological polar surface area (TPSA) is 67.4 Å². The average molecular weight is 431 g/mol. The fourth-order valence-corrected chi connectivity index (χ4v) is 3.56. The monoisotopic (exact) mass is 430 g/mol. The van der Waals surface area contributed by atoms with Crippen LogP contribution in [-0.4, -0.2) is 18.4 Å². The van der Waals surface area contributed by atoms with Gasteiger partial charge in [-0.25, -0.2) is 0 Å². The number of benzene rings is 2. The highest BCUT2D eigenvalue weighted by Crippen LogP contribution is 2.31. The molecule has 0 aliphatic heterocycles. The molecular formula is C21H23BrN2O3. The Labute approximate surface area is 167 Å². The zero-order chi connectivity index (χ0) is 19.6. The van der Waals surface area contributed by atoms with E-state index in [9.17, 15) is 9.59 Å². The first-order valence-corrected chi connectivity index (χ1v) is 9.73. The van der Waals surface area contributed by atoms with Crippen LogP contribution < -0.4 is 15.4 Å². The summed E-state index contributed by atoms with van der Waals surface area (Å²) in [6.45, 7) is 5.73. The van der Waals surface area contributed by atoms with Gasteiger partial charge in [-0.05, 0) is 74.6 Å². The molecule has 0 aromatic heterocycles. The van der Waals surface area contributed by atoms with Gasteiger partial charge in [0.25, 0.3) is 5.91 Å². The molecule has 27 heavy (non-hydrogen) atoms. The number of carbonyl (C=O) groups is 2. The maximum atomic E-state index is 12.3. The third kappa shape index (κ3) is 5.10. The van der Waals surface area contributed by atoms with Crippen molar-refractivity contribution in [2.24, 2.45) is 5.92 Å². The average Bonchev–Trinajstić information content (AvgIpc) is 3.42. The maximum Gasteiger partial charge on any atom is 0.262 e. The molecular weight excluding hydrogens is 408 g/mol. The first-order valence-electron chi connectivity index (χ1n) is 8.94. The molecule has 0 unspecified atom stereocenters. The summed E-state index contributed by atoms with van der Waals surface area (Å²) in [5, 5.41) is 5.76. The Morgan fingerprint density at radius 3 is 2.33 bits per heavy atom. The van der Waals surface area contributed by atoms with Gasteiger partial charge in [-0.15, -0.1) is 0 Å². The minimum absolute atomic E-state index is 0.0473. The van der Waals surface area contributed by atoms with Crippen LogP contribution in [0.15, 0.2) is 34.8 Å². The van der Waals surface area contributed by atoms with E-state index in [2.05, 4.69) is 26.6 Å². The number of aryl methyl sites for hydroxylation is 3. The Kier molecular flexibility index (Phi) is 5.85. The van der Waals surface area contributed by atoms with Gasteiger partial charge in [0.1, 0.15) is 5.75 Å². The molecule has 0 heterocycles. The smallest absolute Gasteiger partial charge is 0.262 e. The van der Waals surface area contributed by atoms with Crippen LogP contribution in [0.25, 0.3) is 0 Å². The zero-order valence-electron chi connectivity index (χ0n) is 15.7. The lowest BCUT2D eigenvalue weighted by Gasteiger charge is -2.14. The molecule has 2 N–H and O–H groups in total. The van der Waals surface area contributed by atoms with Crippen LogP contribution in [0.5, 0.6) is 5.75 Å². The molecule has 0 saturated heterocycles. The second-order valence-electron chi connectivity index (χ2n) is 7.00. The number of hydrogen-bond acceptors (Lipinski definition) is 3. The van der Waals surface area contributed by atoms with Crippen molar-refractivity contribution in [2.45, 2.75) is 33.6 Å². The second kappa shape index (κ2) is 8.13. The molecule has 2 aromatic rings. The summed E-state index contributed by atoms with van der Waals surface area (Å²) < 4.78 is 6.69. The standard InChI is InChI=1S/C21H23BrN2O3/c1-12-4-7-17(10-18(12)24-21(26)15-5-6-15)23-19(25)11-27-20-13(2)8-16(22)9-14(20)3/h4,7-10,15H,5-6,11H2,1-3H3,(H,23,25)(H,24,26). The molecule has 0 radical (unpaired) electrons. The van der Waals surface area contributed by atoms with Crippen molar-refractivity contribution < 1.29 is 14.3 Å². The summed E-state index contributed by atoms with van der Waals surface area (Å²) in [5.41, 5.74) is 4.25. The number of ether oxygens (including phenoxy) is 1. The molecule has 6 heteroatoms. The van der Waals surface area contributed by atoms with Crippen LogP contribution in [0.3, 0.4) is 0 Å². The molecule has 142 valence electrons. The molecule has 0 bridgehead atoms. The minimum Gasteiger partial charge on any atom is -0.483 e. The molecule has 2 aromatic carbocycles. The number of hydrogen-bond donors (Lipinski definition) is 2.